The molecule has 0 fully saturated rings. The highest BCUT2D eigenvalue weighted by molar-refractivity contribution is 5.89. The number of carbonyl (C=O) groups excluding carboxylic acids is 1. The molecule has 2 rings (SSSR count). The van der Waals surface area contributed by atoms with E-state index in [-0.39, 0.29) is 5.92 Å². The minimum Gasteiger partial charge on any atom is -0.423 e. The average Bonchev–Trinajstić information content (AvgIpc) is 2.99. The van der Waals surface area contributed by atoms with Crippen molar-refractivity contribution < 1.29 is 9.21 Å². The molecule has 0 unspecified atom stereocenters. The van der Waals surface area contributed by atoms with Gasteiger partial charge in [0, 0.05) is 11.6 Å². The molecular formula is C16H19N5O2. The highest BCUT2D eigenvalue weighted by atomic mass is 16.4. The van der Waals surface area contributed by atoms with Crippen LogP contribution in [0.25, 0.3) is 0 Å². The summed E-state index contributed by atoms with van der Waals surface area (Å²) in [7, 11) is 0. The summed E-state index contributed by atoms with van der Waals surface area (Å²) < 4.78 is 5.50. The second kappa shape index (κ2) is 6.92. The van der Waals surface area contributed by atoms with Crippen molar-refractivity contribution in [3.05, 3.63) is 41.1 Å². The molecule has 2 aromatic rings. The van der Waals surface area contributed by atoms with Crippen LogP contribution in [0.1, 0.15) is 55.6 Å². The monoisotopic (exact) mass is 313 g/mol. The Labute approximate surface area is 134 Å². The van der Waals surface area contributed by atoms with Crippen LogP contribution < -0.4 is 10.6 Å². The standard InChI is InChI=1S/C16H19N5O2/c1-9(2)14-20-21-15(23-14)11(4)18-16(22)19-13-6-5-10(3)12(7-13)8-17/h5-7,9,11H,1-4H3,(H2,18,19,22)/t11-/m0/s1. The molecule has 23 heavy (non-hydrogen) atoms. The normalized spacial score (nSPS) is 11.8. The smallest absolute Gasteiger partial charge is 0.319 e. The second-order valence-electron chi connectivity index (χ2n) is 5.59. The van der Waals surface area contributed by atoms with Crippen LogP contribution in [0.4, 0.5) is 10.5 Å². The third-order valence-electron chi connectivity index (χ3n) is 3.28. The van der Waals surface area contributed by atoms with Crippen LogP contribution in [-0.4, -0.2) is 16.2 Å². The Bertz CT molecular complexity index is 745. The first-order valence-electron chi connectivity index (χ1n) is 7.32. The Hall–Kier alpha value is -2.88. The highest BCUT2D eigenvalue weighted by Crippen LogP contribution is 2.17. The van der Waals surface area contributed by atoms with Gasteiger partial charge < -0.3 is 15.1 Å². The fourth-order valence-electron chi connectivity index (χ4n) is 1.90. The number of anilines is 1. The molecule has 120 valence electrons. The number of aryl methyl sites for hydroxylation is 1. The number of aromatic nitrogens is 2. The summed E-state index contributed by atoms with van der Waals surface area (Å²) in [4.78, 5) is 12.0. The first-order valence-corrected chi connectivity index (χ1v) is 7.32. The zero-order valence-corrected chi connectivity index (χ0v) is 13.5. The molecule has 0 radical (unpaired) electrons. The lowest BCUT2D eigenvalue weighted by Gasteiger charge is -2.12. The lowest BCUT2D eigenvalue weighted by Crippen LogP contribution is -2.31. The molecule has 0 aliphatic rings. The van der Waals surface area contributed by atoms with Crippen LogP contribution in [0, 0.1) is 18.3 Å². The molecule has 0 saturated carbocycles. The van der Waals surface area contributed by atoms with Crippen molar-refractivity contribution in [2.75, 3.05) is 5.32 Å². The third kappa shape index (κ3) is 4.07. The number of carbonyl (C=O) groups is 1. The molecule has 1 aromatic carbocycles. The number of hydrogen-bond acceptors (Lipinski definition) is 5. The predicted molar refractivity (Wildman–Crippen MR) is 84.9 cm³/mol. The molecule has 7 heteroatoms. The summed E-state index contributed by atoms with van der Waals surface area (Å²) in [6, 6.07) is 6.41. The van der Waals surface area contributed by atoms with Gasteiger partial charge in [-0.15, -0.1) is 10.2 Å². The van der Waals surface area contributed by atoms with E-state index in [2.05, 4.69) is 26.9 Å². The molecule has 0 bridgehead atoms. The molecule has 1 atom stereocenters. The Balaban J connectivity index is 2.00. The number of amides is 2. The summed E-state index contributed by atoms with van der Waals surface area (Å²) in [6.45, 7) is 7.50. The van der Waals surface area contributed by atoms with E-state index in [4.69, 9.17) is 9.68 Å². The number of hydrogen-bond donors (Lipinski definition) is 2. The van der Waals surface area contributed by atoms with Gasteiger partial charge in [0.05, 0.1) is 11.6 Å². The maximum atomic E-state index is 12.0. The number of nitriles is 1. The summed E-state index contributed by atoms with van der Waals surface area (Å²) in [6.07, 6.45) is 0. The van der Waals surface area contributed by atoms with Crippen molar-refractivity contribution in [3.63, 3.8) is 0 Å². The van der Waals surface area contributed by atoms with Gasteiger partial charge in [-0.1, -0.05) is 19.9 Å². The van der Waals surface area contributed by atoms with E-state index in [9.17, 15) is 4.79 Å². The Morgan fingerprint density at radius 2 is 1.96 bits per heavy atom. The molecule has 0 aliphatic carbocycles. The molecule has 2 amide bonds. The molecule has 1 heterocycles. The highest BCUT2D eigenvalue weighted by Gasteiger charge is 2.17. The van der Waals surface area contributed by atoms with E-state index in [0.717, 1.165) is 5.56 Å². The molecule has 0 saturated heterocycles. The number of benzene rings is 1. The van der Waals surface area contributed by atoms with Gasteiger partial charge in [0.1, 0.15) is 6.04 Å². The minimum atomic E-state index is -0.420. The molecule has 1 aromatic heterocycles. The lowest BCUT2D eigenvalue weighted by atomic mass is 10.1. The third-order valence-corrected chi connectivity index (χ3v) is 3.28. The first-order chi connectivity index (χ1) is 10.9. The second-order valence-corrected chi connectivity index (χ2v) is 5.59. The maximum absolute atomic E-state index is 12.0. The number of urea groups is 1. The molecule has 7 nitrogen and oxygen atoms in total. The Morgan fingerprint density at radius 1 is 1.26 bits per heavy atom. The number of rotatable bonds is 4. The van der Waals surface area contributed by atoms with Gasteiger partial charge in [-0.25, -0.2) is 4.79 Å². The fourth-order valence-corrected chi connectivity index (χ4v) is 1.90. The quantitative estimate of drug-likeness (QED) is 0.901. The molecular weight excluding hydrogens is 294 g/mol. The van der Waals surface area contributed by atoms with E-state index in [0.29, 0.717) is 23.0 Å². The predicted octanol–water partition coefficient (Wildman–Crippen LogP) is 3.26. The maximum Gasteiger partial charge on any atom is 0.319 e. The number of nitrogens with zero attached hydrogens (tertiary/aromatic N) is 3. The van der Waals surface area contributed by atoms with Crippen molar-refractivity contribution in [1.29, 1.82) is 5.26 Å². The molecule has 2 N–H and O–H groups in total. The van der Waals surface area contributed by atoms with Crippen molar-refractivity contribution in [3.8, 4) is 6.07 Å². The van der Waals surface area contributed by atoms with Crippen LogP contribution in [0.5, 0.6) is 0 Å². The van der Waals surface area contributed by atoms with Gasteiger partial charge in [-0.3, -0.25) is 0 Å². The van der Waals surface area contributed by atoms with Gasteiger partial charge in [0.2, 0.25) is 11.8 Å². The van der Waals surface area contributed by atoms with Crippen molar-refractivity contribution in [2.45, 2.75) is 39.7 Å². The largest absolute Gasteiger partial charge is 0.423 e. The molecule has 0 spiro atoms. The van der Waals surface area contributed by atoms with Crippen LogP contribution in [0.3, 0.4) is 0 Å². The lowest BCUT2D eigenvalue weighted by molar-refractivity contribution is 0.246. The van der Waals surface area contributed by atoms with Crippen molar-refractivity contribution in [1.82, 2.24) is 15.5 Å². The van der Waals surface area contributed by atoms with E-state index in [1.807, 2.05) is 20.8 Å². The van der Waals surface area contributed by atoms with Crippen LogP contribution >= 0.6 is 0 Å². The van der Waals surface area contributed by atoms with Gasteiger partial charge in [-0.2, -0.15) is 5.26 Å². The van der Waals surface area contributed by atoms with E-state index >= 15 is 0 Å². The van der Waals surface area contributed by atoms with Crippen LogP contribution in [0.2, 0.25) is 0 Å². The minimum absolute atomic E-state index is 0.134. The first kappa shape index (κ1) is 16.5. The summed E-state index contributed by atoms with van der Waals surface area (Å²) >= 11 is 0. The van der Waals surface area contributed by atoms with Gasteiger partial charge in [0.25, 0.3) is 0 Å². The summed E-state index contributed by atoms with van der Waals surface area (Å²) in [5.41, 5.74) is 1.93. The Kier molecular flexibility index (Phi) is 4.96. The van der Waals surface area contributed by atoms with Gasteiger partial charge in [0.15, 0.2) is 0 Å². The zero-order chi connectivity index (χ0) is 17.0. The van der Waals surface area contributed by atoms with Crippen molar-refractivity contribution >= 4 is 11.7 Å². The SMILES string of the molecule is Cc1ccc(NC(=O)N[C@@H](C)c2nnc(C(C)C)o2)cc1C#N. The van der Waals surface area contributed by atoms with E-state index in [1.54, 1.807) is 25.1 Å². The summed E-state index contributed by atoms with van der Waals surface area (Å²) in [5, 5.41) is 22.3. The molecule has 0 aliphatic heterocycles. The number of nitrogens with one attached hydrogen (secondary N) is 2. The zero-order valence-electron chi connectivity index (χ0n) is 13.5. The van der Waals surface area contributed by atoms with Crippen LogP contribution in [-0.2, 0) is 0 Å². The van der Waals surface area contributed by atoms with Gasteiger partial charge in [-0.05, 0) is 31.5 Å². The van der Waals surface area contributed by atoms with Gasteiger partial charge >= 0.3 is 6.03 Å². The fraction of sp³-hybridized carbons (Fsp3) is 0.375. The van der Waals surface area contributed by atoms with Crippen molar-refractivity contribution in [2.24, 2.45) is 0 Å². The van der Waals surface area contributed by atoms with E-state index in [1.165, 1.54) is 0 Å². The average molecular weight is 313 g/mol. The van der Waals surface area contributed by atoms with E-state index < -0.39 is 12.1 Å². The van der Waals surface area contributed by atoms with Crippen LogP contribution in [0.15, 0.2) is 22.6 Å². The topological polar surface area (TPSA) is 104 Å². The Morgan fingerprint density at radius 3 is 2.57 bits per heavy atom. The summed E-state index contributed by atoms with van der Waals surface area (Å²) in [5.74, 6) is 1.02.